The van der Waals surface area contributed by atoms with Gasteiger partial charge in [-0.15, -0.1) is 0 Å². The molecule has 0 N–H and O–H groups in total. The number of rotatable bonds is 1. The van der Waals surface area contributed by atoms with E-state index in [1.165, 1.54) is 24.8 Å². The zero-order valence-corrected chi connectivity index (χ0v) is 11.0. The van der Waals surface area contributed by atoms with E-state index in [0.717, 1.165) is 6.54 Å². The summed E-state index contributed by atoms with van der Waals surface area (Å²) in [5.74, 6) is -0.146. The average molecular weight is 235 g/mol. The smallest absolute Gasteiger partial charge is 0.123 e. The Hall–Kier alpha value is -0.890. The Morgan fingerprint density at radius 2 is 1.76 bits per heavy atom. The number of halogens is 1. The molecular weight excluding hydrogens is 213 g/mol. The Balaban J connectivity index is 2.25. The van der Waals surface area contributed by atoms with Crippen molar-refractivity contribution in [2.45, 2.75) is 51.6 Å². The summed E-state index contributed by atoms with van der Waals surface area (Å²) >= 11 is 0. The highest BCUT2D eigenvalue weighted by Gasteiger charge is 2.31. The Bertz CT molecular complexity index is 364. The van der Waals surface area contributed by atoms with Crippen LogP contribution in [0.1, 0.15) is 51.6 Å². The van der Waals surface area contributed by atoms with Crippen molar-refractivity contribution in [2.75, 3.05) is 6.54 Å². The molecule has 1 aromatic carbocycles. The molecule has 0 amide bonds. The van der Waals surface area contributed by atoms with Crippen molar-refractivity contribution in [1.29, 1.82) is 0 Å². The van der Waals surface area contributed by atoms with Crippen molar-refractivity contribution >= 4 is 0 Å². The third-order valence-corrected chi connectivity index (χ3v) is 3.62. The van der Waals surface area contributed by atoms with Gasteiger partial charge in [-0.25, -0.2) is 4.39 Å². The van der Waals surface area contributed by atoms with Crippen molar-refractivity contribution in [3.8, 4) is 0 Å². The Morgan fingerprint density at radius 1 is 1.12 bits per heavy atom. The van der Waals surface area contributed by atoms with Gasteiger partial charge in [-0.1, -0.05) is 18.6 Å². The summed E-state index contributed by atoms with van der Waals surface area (Å²) in [5, 5.41) is 0. The van der Waals surface area contributed by atoms with Crippen LogP contribution in [0.5, 0.6) is 0 Å². The van der Waals surface area contributed by atoms with Crippen LogP contribution in [0.25, 0.3) is 0 Å². The molecule has 0 aliphatic carbocycles. The lowest BCUT2D eigenvalue weighted by molar-refractivity contribution is 0.0509. The lowest BCUT2D eigenvalue weighted by Gasteiger charge is -2.45. The number of nitrogens with zero attached hydrogens (tertiary/aromatic N) is 1. The number of hydrogen-bond donors (Lipinski definition) is 0. The summed E-state index contributed by atoms with van der Waals surface area (Å²) in [5.41, 5.74) is 1.43. The third kappa shape index (κ3) is 2.86. The van der Waals surface area contributed by atoms with Gasteiger partial charge in [0, 0.05) is 11.6 Å². The predicted octanol–water partition coefficient (Wildman–Crippen LogP) is 4.15. The van der Waals surface area contributed by atoms with Gasteiger partial charge < -0.3 is 0 Å². The lowest BCUT2D eigenvalue weighted by atomic mass is 9.90. The van der Waals surface area contributed by atoms with Gasteiger partial charge in [0.2, 0.25) is 0 Å². The van der Waals surface area contributed by atoms with E-state index in [2.05, 4.69) is 25.7 Å². The molecule has 0 spiro atoms. The van der Waals surface area contributed by atoms with E-state index in [1.807, 2.05) is 12.1 Å². The summed E-state index contributed by atoms with van der Waals surface area (Å²) in [6, 6.07) is 7.47. The molecule has 0 bridgehead atoms. The molecule has 1 aliphatic rings. The fraction of sp³-hybridized carbons (Fsp3) is 0.600. The number of likely N-dealkylation sites (tertiary alicyclic amines) is 1. The lowest BCUT2D eigenvalue weighted by Crippen LogP contribution is -2.46. The first kappa shape index (κ1) is 12.6. The molecule has 0 radical (unpaired) electrons. The normalized spacial score (nSPS) is 22.7. The van der Waals surface area contributed by atoms with Crippen LogP contribution in [-0.4, -0.2) is 17.0 Å². The molecule has 1 aliphatic heterocycles. The molecule has 1 saturated heterocycles. The maximum atomic E-state index is 13.0. The van der Waals surface area contributed by atoms with Crippen LogP contribution in [0.15, 0.2) is 24.3 Å². The van der Waals surface area contributed by atoms with E-state index in [1.54, 1.807) is 12.1 Å². The fourth-order valence-electron chi connectivity index (χ4n) is 2.77. The molecule has 2 heteroatoms. The Labute approximate surface area is 104 Å². The van der Waals surface area contributed by atoms with Gasteiger partial charge in [0.1, 0.15) is 5.82 Å². The number of hydrogen-bond acceptors (Lipinski definition) is 1. The maximum Gasteiger partial charge on any atom is 0.123 e. The highest BCUT2D eigenvalue weighted by molar-refractivity contribution is 5.21. The van der Waals surface area contributed by atoms with E-state index < -0.39 is 0 Å². The molecule has 1 aromatic rings. The summed E-state index contributed by atoms with van der Waals surface area (Å²) in [6.07, 6.45) is 3.73. The molecule has 1 nitrogen and oxygen atoms in total. The van der Waals surface area contributed by atoms with Crippen molar-refractivity contribution in [3.63, 3.8) is 0 Å². The molecule has 0 saturated carbocycles. The zero-order chi connectivity index (χ0) is 12.5. The molecule has 1 fully saturated rings. The minimum atomic E-state index is -0.146. The zero-order valence-electron chi connectivity index (χ0n) is 11.0. The SMILES string of the molecule is CC(C)(C)N1CCCC[C@@H]1c1ccc(F)cc1. The fourth-order valence-corrected chi connectivity index (χ4v) is 2.77. The molecular formula is C15H22FN. The minimum absolute atomic E-state index is 0.146. The van der Waals surface area contributed by atoms with Gasteiger partial charge in [0.05, 0.1) is 0 Å². The van der Waals surface area contributed by atoms with Crippen LogP contribution >= 0.6 is 0 Å². The summed E-state index contributed by atoms with van der Waals surface area (Å²) < 4.78 is 13.0. The minimum Gasteiger partial charge on any atom is -0.291 e. The Morgan fingerprint density at radius 3 is 2.35 bits per heavy atom. The van der Waals surface area contributed by atoms with Crippen LogP contribution in [0, 0.1) is 5.82 Å². The van der Waals surface area contributed by atoms with Crippen LogP contribution in [0.4, 0.5) is 4.39 Å². The third-order valence-electron chi connectivity index (χ3n) is 3.62. The second kappa shape index (κ2) is 4.77. The number of piperidine rings is 1. The molecule has 0 aromatic heterocycles. The van der Waals surface area contributed by atoms with Gasteiger partial charge in [-0.3, -0.25) is 4.90 Å². The standard InChI is InChI=1S/C15H22FN/c1-15(2,3)17-11-5-4-6-14(17)12-7-9-13(16)10-8-12/h7-10,14H,4-6,11H2,1-3H3/t14-/m1/s1. The van der Waals surface area contributed by atoms with E-state index >= 15 is 0 Å². The van der Waals surface area contributed by atoms with Gasteiger partial charge in [0.25, 0.3) is 0 Å². The van der Waals surface area contributed by atoms with Gasteiger partial charge in [-0.2, -0.15) is 0 Å². The molecule has 0 unspecified atom stereocenters. The van der Waals surface area contributed by atoms with Crippen molar-refractivity contribution < 1.29 is 4.39 Å². The second-order valence-corrected chi connectivity index (χ2v) is 5.93. The van der Waals surface area contributed by atoms with Gasteiger partial charge in [0.15, 0.2) is 0 Å². The van der Waals surface area contributed by atoms with Crippen LogP contribution in [0.3, 0.4) is 0 Å². The number of benzene rings is 1. The highest BCUT2D eigenvalue weighted by Crippen LogP contribution is 2.35. The van der Waals surface area contributed by atoms with Gasteiger partial charge in [-0.05, 0) is 57.9 Å². The monoisotopic (exact) mass is 235 g/mol. The summed E-state index contributed by atoms with van der Waals surface area (Å²) in [7, 11) is 0. The molecule has 94 valence electrons. The van der Waals surface area contributed by atoms with Crippen LogP contribution < -0.4 is 0 Å². The van der Waals surface area contributed by atoms with E-state index in [-0.39, 0.29) is 11.4 Å². The largest absolute Gasteiger partial charge is 0.291 e. The van der Waals surface area contributed by atoms with Crippen molar-refractivity contribution in [2.24, 2.45) is 0 Å². The molecule has 17 heavy (non-hydrogen) atoms. The molecule has 1 heterocycles. The molecule has 2 rings (SSSR count). The van der Waals surface area contributed by atoms with E-state index in [0.29, 0.717) is 6.04 Å². The first-order chi connectivity index (χ1) is 7.98. The van der Waals surface area contributed by atoms with Crippen LogP contribution in [-0.2, 0) is 0 Å². The predicted molar refractivity (Wildman–Crippen MR) is 69.5 cm³/mol. The van der Waals surface area contributed by atoms with Crippen LogP contribution in [0.2, 0.25) is 0 Å². The first-order valence-electron chi connectivity index (χ1n) is 6.51. The topological polar surface area (TPSA) is 3.24 Å². The Kier molecular flexibility index (Phi) is 3.53. The summed E-state index contributed by atoms with van der Waals surface area (Å²) in [6.45, 7) is 7.92. The maximum absolute atomic E-state index is 13.0. The van der Waals surface area contributed by atoms with Crippen molar-refractivity contribution in [3.05, 3.63) is 35.6 Å². The second-order valence-electron chi connectivity index (χ2n) is 5.93. The molecule has 1 atom stereocenters. The quantitative estimate of drug-likeness (QED) is 0.706. The van der Waals surface area contributed by atoms with Crippen molar-refractivity contribution in [1.82, 2.24) is 4.90 Å². The average Bonchev–Trinajstić information content (AvgIpc) is 2.29. The first-order valence-corrected chi connectivity index (χ1v) is 6.51. The highest BCUT2D eigenvalue weighted by atomic mass is 19.1. The summed E-state index contributed by atoms with van der Waals surface area (Å²) in [4.78, 5) is 2.55. The van der Waals surface area contributed by atoms with Gasteiger partial charge >= 0.3 is 0 Å². The van der Waals surface area contributed by atoms with E-state index in [4.69, 9.17) is 0 Å². The van der Waals surface area contributed by atoms with E-state index in [9.17, 15) is 4.39 Å².